The van der Waals surface area contributed by atoms with Crippen LogP contribution in [0.25, 0.3) is 6.20 Å². The van der Waals surface area contributed by atoms with E-state index in [1.807, 2.05) is 13.8 Å². The Balaban J connectivity index is 0.00000364. The summed E-state index contributed by atoms with van der Waals surface area (Å²) in [7, 11) is 0. The number of nitrogens with zero attached hydrogens (tertiary/aromatic N) is 3. The van der Waals surface area contributed by atoms with Gasteiger partial charge in [-0.05, 0) is 37.8 Å². The van der Waals surface area contributed by atoms with Gasteiger partial charge < -0.3 is 11.1 Å². The molecule has 1 heterocycles. The second kappa shape index (κ2) is 8.19. The topological polar surface area (TPSA) is 109 Å². The lowest BCUT2D eigenvalue weighted by molar-refractivity contribution is 0.0943. The summed E-state index contributed by atoms with van der Waals surface area (Å²) in [5, 5.41) is 10.1. The van der Waals surface area contributed by atoms with Gasteiger partial charge in [0.2, 0.25) is 5.95 Å². The van der Waals surface area contributed by atoms with Crippen LogP contribution in [0.15, 0.2) is 29.3 Å². The summed E-state index contributed by atoms with van der Waals surface area (Å²) < 4.78 is 15.5. The van der Waals surface area contributed by atoms with Crippen molar-refractivity contribution < 1.29 is 10.6 Å². The molecule has 138 valence electrons. The van der Waals surface area contributed by atoms with Crippen molar-refractivity contribution in [2.75, 3.05) is 0 Å². The van der Waals surface area contributed by atoms with E-state index in [0.717, 1.165) is 0 Å². The average molecular weight is 358 g/mol. The Bertz CT molecular complexity index is 890. The Kier molecular flexibility index (Phi) is 6.00. The van der Waals surface area contributed by atoms with Crippen molar-refractivity contribution in [3.8, 4) is 0 Å². The SMILES string of the molecule is C=Nc1nc(CC)c(C(=O)NCc2ccc(C(=N)N)c(F)c2)n1/C=C\C.[HH]. The number of carbonyl (C=O) groups is 1. The number of rotatable bonds is 7. The molecule has 1 aromatic heterocycles. The molecule has 0 spiro atoms. The van der Waals surface area contributed by atoms with Gasteiger partial charge in [0.15, 0.2) is 0 Å². The van der Waals surface area contributed by atoms with Crippen molar-refractivity contribution in [1.82, 2.24) is 14.9 Å². The molecule has 0 saturated heterocycles. The maximum absolute atomic E-state index is 13.9. The fraction of sp³-hybridized carbons (Fsp3) is 0.222. The highest BCUT2D eigenvalue weighted by molar-refractivity contribution is 5.96. The molecule has 4 N–H and O–H groups in total. The van der Waals surface area contributed by atoms with Crippen LogP contribution in [0.5, 0.6) is 0 Å². The molecule has 1 aromatic carbocycles. The van der Waals surface area contributed by atoms with Crippen molar-refractivity contribution in [2.45, 2.75) is 26.8 Å². The highest BCUT2D eigenvalue weighted by Gasteiger charge is 2.20. The molecule has 26 heavy (non-hydrogen) atoms. The first-order valence-corrected chi connectivity index (χ1v) is 8.04. The van der Waals surface area contributed by atoms with Crippen LogP contribution < -0.4 is 11.1 Å². The van der Waals surface area contributed by atoms with Gasteiger partial charge in [0.25, 0.3) is 5.91 Å². The number of hydrogen-bond donors (Lipinski definition) is 3. The smallest absolute Gasteiger partial charge is 0.270 e. The highest BCUT2D eigenvalue weighted by atomic mass is 19.1. The Morgan fingerprint density at radius 2 is 2.31 bits per heavy atom. The van der Waals surface area contributed by atoms with Crippen molar-refractivity contribution in [1.29, 1.82) is 5.41 Å². The number of aromatic nitrogens is 2. The van der Waals surface area contributed by atoms with Gasteiger partial charge in [0.05, 0.1) is 11.3 Å². The highest BCUT2D eigenvalue weighted by Crippen LogP contribution is 2.20. The van der Waals surface area contributed by atoms with E-state index in [0.29, 0.717) is 29.3 Å². The number of carbonyl (C=O) groups excluding carboxylic acids is 1. The zero-order valence-electron chi connectivity index (χ0n) is 14.7. The normalized spacial score (nSPS) is 10.9. The van der Waals surface area contributed by atoms with Crippen LogP contribution >= 0.6 is 0 Å². The quantitative estimate of drug-likeness (QED) is 0.523. The van der Waals surface area contributed by atoms with E-state index in [1.165, 1.54) is 12.1 Å². The summed E-state index contributed by atoms with van der Waals surface area (Å²) in [5.74, 6) is -0.957. The van der Waals surface area contributed by atoms with Gasteiger partial charge >= 0.3 is 0 Å². The van der Waals surface area contributed by atoms with Gasteiger partial charge in [-0.3, -0.25) is 14.8 Å². The van der Waals surface area contributed by atoms with Gasteiger partial charge in [-0.2, -0.15) is 0 Å². The maximum Gasteiger partial charge on any atom is 0.270 e. The fourth-order valence-electron chi connectivity index (χ4n) is 2.51. The van der Waals surface area contributed by atoms with Gasteiger partial charge in [-0.1, -0.05) is 19.1 Å². The number of nitrogens with one attached hydrogen (secondary N) is 2. The third-order valence-electron chi connectivity index (χ3n) is 3.73. The minimum absolute atomic E-state index is 0. The molecule has 8 heteroatoms. The first kappa shape index (κ1) is 19.0. The number of nitrogens with two attached hydrogens (primary N) is 1. The van der Waals surface area contributed by atoms with E-state index in [2.05, 4.69) is 22.0 Å². The summed E-state index contributed by atoms with van der Waals surface area (Å²) in [6.07, 6.45) is 4.01. The summed E-state index contributed by atoms with van der Waals surface area (Å²) in [6, 6.07) is 4.28. The molecule has 0 fully saturated rings. The number of hydrogen-bond acceptors (Lipinski definition) is 4. The molecule has 0 aliphatic heterocycles. The molecule has 0 saturated carbocycles. The molecule has 0 unspecified atom stereocenters. The number of aliphatic imine (C=N–C) groups is 1. The number of halogens is 1. The van der Waals surface area contributed by atoms with Gasteiger partial charge in [0, 0.05) is 14.2 Å². The molecule has 2 aromatic rings. The van der Waals surface area contributed by atoms with E-state index < -0.39 is 5.82 Å². The number of amides is 1. The Hall–Kier alpha value is -3.29. The standard InChI is InChI=1S/C18H21FN6O.H2/c1-4-8-25-15(14(5-2)24-18(25)22-3)17(26)23-10-11-6-7-12(16(20)21)13(19)9-11;/h4,6-9H,3,5,10H2,1-2H3,(H3,20,21)(H,23,26);1H/b8-4-;. The second-order valence-electron chi connectivity index (χ2n) is 5.48. The molecule has 2 rings (SSSR count). The second-order valence-corrected chi connectivity index (χ2v) is 5.48. The summed E-state index contributed by atoms with van der Waals surface area (Å²) in [4.78, 5) is 20.8. The predicted octanol–water partition coefficient (Wildman–Crippen LogP) is 2.87. The number of amidine groups is 1. The summed E-state index contributed by atoms with van der Waals surface area (Å²) >= 11 is 0. The van der Waals surface area contributed by atoms with Gasteiger partial charge in [0.1, 0.15) is 17.3 Å². The Morgan fingerprint density at radius 3 is 2.85 bits per heavy atom. The lowest BCUT2D eigenvalue weighted by atomic mass is 10.1. The third kappa shape index (κ3) is 3.85. The van der Waals surface area contributed by atoms with Crippen LogP contribution in [-0.4, -0.2) is 28.0 Å². The molecule has 0 aliphatic carbocycles. The molecule has 0 bridgehead atoms. The largest absolute Gasteiger partial charge is 0.384 e. The van der Waals surface area contributed by atoms with Gasteiger partial charge in [-0.25, -0.2) is 14.4 Å². The summed E-state index contributed by atoms with van der Waals surface area (Å²) in [6.45, 7) is 7.31. The lowest BCUT2D eigenvalue weighted by Gasteiger charge is -2.09. The fourth-order valence-corrected chi connectivity index (χ4v) is 2.51. The Labute approximate surface area is 152 Å². The minimum Gasteiger partial charge on any atom is -0.384 e. The first-order chi connectivity index (χ1) is 12.4. The maximum atomic E-state index is 13.9. The Morgan fingerprint density at radius 1 is 1.58 bits per heavy atom. The first-order valence-electron chi connectivity index (χ1n) is 8.04. The van der Waals surface area contributed by atoms with Crippen LogP contribution in [0, 0.1) is 11.2 Å². The molecular weight excluding hydrogens is 335 g/mol. The lowest BCUT2D eigenvalue weighted by Crippen LogP contribution is -2.26. The molecule has 0 atom stereocenters. The van der Waals surface area contributed by atoms with Crippen molar-refractivity contribution in [3.63, 3.8) is 0 Å². The molecular formula is C18H23FN6O. The summed E-state index contributed by atoms with van der Waals surface area (Å²) in [5.41, 5.74) is 6.85. The monoisotopic (exact) mass is 358 g/mol. The molecule has 1 amide bonds. The van der Waals surface area contributed by atoms with E-state index in [9.17, 15) is 9.18 Å². The minimum atomic E-state index is -0.601. The number of nitrogen functional groups attached to an aromatic ring is 1. The van der Waals surface area contributed by atoms with E-state index in [4.69, 9.17) is 11.1 Å². The van der Waals surface area contributed by atoms with Gasteiger partial charge in [-0.15, -0.1) is 0 Å². The number of benzene rings is 1. The van der Waals surface area contributed by atoms with E-state index in [1.54, 1.807) is 22.9 Å². The average Bonchev–Trinajstić information content (AvgIpc) is 2.97. The number of aryl methyl sites for hydroxylation is 1. The third-order valence-corrected chi connectivity index (χ3v) is 3.73. The van der Waals surface area contributed by atoms with Crippen molar-refractivity contribution in [2.24, 2.45) is 10.7 Å². The van der Waals surface area contributed by atoms with E-state index in [-0.39, 0.29) is 25.3 Å². The zero-order chi connectivity index (χ0) is 19.3. The van der Waals surface area contributed by atoms with Crippen molar-refractivity contribution in [3.05, 3.63) is 52.6 Å². The van der Waals surface area contributed by atoms with Crippen LogP contribution in [-0.2, 0) is 13.0 Å². The number of imidazole rings is 1. The molecule has 0 radical (unpaired) electrons. The molecule has 0 aliphatic rings. The van der Waals surface area contributed by atoms with Crippen LogP contribution in [0.1, 0.15) is 42.6 Å². The van der Waals surface area contributed by atoms with E-state index >= 15 is 0 Å². The predicted molar refractivity (Wildman–Crippen MR) is 103 cm³/mol. The zero-order valence-corrected chi connectivity index (χ0v) is 14.7. The van der Waals surface area contributed by atoms with Crippen molar-refractivity contribution >= 4 is 30.6 Å². The number of allylic oxidation sites excluding steroid dienone is 1. The van der Waals surface area contributed by atoms with Crippen LogP contribution in [0.4, 0.5) is 10.3 Å². The van der Waals surface area contributed by atoms with Crippen LogP contribution in [0.2, 0.25) is 0 Å². The molecule has 7 nitrogen and oxygen atoms in total. The van der Waals surface area contributed by atoms with Crippen LogP contribution in [0.3, 0.4) is 0 Å².